The second kappa shape index (κ2) is 6.36. The summed E-state index contributed by atoms with van der Waals surface area (Å²) < 4.78 is 5.10. The first-order chi connectivity index (χ1) is 9.24. The van der Waals surface area contributed by atoms with Crippen molar-refractivity contribution in [2.45, 2.75) is 12.5 Å². The summed E-state index contributed by atoms with van der Waals surface area (Å²) in [5.41, 5.74) is 8.44. The molecule has 0 aliphatic rings. The van der Waals surface area contributed by atoms with E-state index >= 15 is 0 Å². The van der Waals surface area contributed by atoms with Gasteiger partial charge in [-0.3, -0.25) is 0 Å². The van der Waals surface area contributed by atoms with Crippen molar-refractivity contribution in [3.63, 3.8) is 0 Å². The molecule has 1 unspecified atom stereocenters. The van der Waals surface area contributed by atoms with Crippen molar-refractivity contribution in [2.75, 3.05) is 13.7 Å². The van der Waals surface area contributed by atoms with Crippen LogP contribution in [-0.4, -0.2) is 18.8 Å². The van der Waals surface area contributed by atoms with Crippen molar-refractivity contribution in [3.05, 3.63) is 65.2 Å². The van der Waals surface area contributed by atoms with Crippen LogP contribution in [0.4, 0.5) is 0 Å². The third kappa shape index (κ3) is 3.34. The third-order valence-electron chi connectivity index (χ3n) is 3.16. The number of benzene rings is 2. The summed E-state index contributed by atoms with van der Waals surface area (Å²) in [5.74, 6) is 0.786. The van der Waals surface area contributed by atoms with Gasteiger partial charge in [-0.25, -0.2) is 0 Å². The Labute approximate surface area is 113 Å². The number of rotatable bonds is 5. The van der Waals surface area contributed by atoms with E-state index in [1.165, 1.54) is 5.56 Å². The average molecular weight is 257 g/mol. The van der Waals surface area contributed by atoms with Crippen molar-refractivity contribution in [3.8, 4) is 5.75 Å². The minimum Gasteiger partial charge on any atom is -0.497 e. The van der Waals surface area contributed by atoms with Gasteiger partial charge in [0.15, 0.2) is 0 Å². The molecule has 0 saturated heterocycles. The largest absolute Gasteiger partial charge is 0.497 e. The zero-order chi connectivity index (χ0) is 13.7. The number of ether oxygens (including phenoxy) is 1. The summed E-state index contributed by atoms with van der Waals surface area (Å²) in [4.78, 5) is 0. The third-order valence-corrected chi connectivity index (χ3v) is 3.16. The van der Waals surface area contributed by atoms with Crippen molar-refractivity contribution in [1.29, 1.82) is 0 Å². The second-order valence-electron chi connectivity index (χ2n) is 4.46. The number of nitrogens with two attached hydrogens (primary N) is 1. The minimum absolute atomic E-state index is 0.613. The molecule has 0 aliphatic carbocycles. The predicted octanol–water partition coefficient (Wildman–Crippen LogP) is 2.28. The highest BCUT2D eigenvalue weighted by Crippen LogP contribution is 2.24. The van der Waals surface area contributed by atoms with E-state index in [-0.39, 0.29) is 0 Å². The smallest absolute Gasteiger partial charge is 0.118 e. The van der Waals surface area contributed by atoms with Crippen LogP contribution in [0.2, 0.25) is 0 Å². The summed E-state index contributed by atoms with van der Waals surface area (Å²) in [6, 6.07) is 15.3. The van der Waals surface area contributed by atoms with Crippen LogP contribution >= 0.6 is 0 Å². The van der Waals surface area contributed by atoms with Gasteiger partial charge in [-0.15, -0.1) is 0 Å². The summed E-state index contributed by atoms with van der Waals surface area (Å²) in [6.07, 6.45) is 0.247. The lowest BCUT2D eigenvalue weighted by Crippen LogP contribution is -2.03. The molecule has 3 nitrogen and oxygen atoms in total. The Morgan fingerprint density at radius 1 is 1.00 bits per heavy atom. The average Bonchev–Trinajstić information content (AvgIpc) is 2.48. The van der Waals surface area contributed by atoms with Crippen LogP contribution in [0.3, 0.4) is 0 Å². The quantitative estimate of drug-likeness (QED) is 0.864. The Bertz CT molecular complexity index is 505. The molecule has 0 radical (unpaired) electrons. The molecule has 0 fully saturated rings. The SMILES string of the molecule is COc1ccc(C(O)c2ccc(CCN)cc2)cc1. The molecule has 2 rings (SSSR count). The van der Waals surface area contributed by atoms with Gasteiger partial charge in [0.05, 0.1) is 7.11 Å². The molecule has 2 aromatic carbocycles. The Kier molecular flexibility index (Phi) is 4.55. The van der Waals surface area contributed by atoms with Gasteiger partial charge in [0.1, 0.15) is 11.9 Å². The van der Waals surface area contributed by atoms with Gasteiger partial charge in [-0.05, 0) is 41.8 Å². The molecule has 0 heterocycles. The molecule has 0 spiro atoms. The Morgan fingerprint density at radius 2 is 1.53 bits per heavy atom. The zero-order valence-corrected chi connectivity index (χ0v) is 11.0. The summed E-state index contributed by atoms with van der Waals surface area (Å²) >= 11 is 0. The topological polar surface area (TPSA) is 55.5 Å². The van der Waals surface area contributed by atoms with Gasteiger partial charge in [-0.2, -0.15) is 0 Å². The van der Waals surface area contributed by atoms with Gasteiger partial charge >= 0.3 is 0 Å². The molecular formula is C16H19NO2. The molecule has 0 saturated carbocycles. The van der Waals surface area contributed by atoms with Gasteiger partial charge in [0.25, 0.3) is 0 Å². The fourth-order valence-electron chi connectivity index (χ4n) is 2.01. The van der Waals surface area contributed by atoms with E-state index in [0.29, 0.717) is 6.54 Å². The molecule has 0 amide bonds. The lowest BCUT2D eigenvalue weighted by Gasteiger charge is -2.12. The van der Waals surface area contributed by atoms with E-state index in [4.69, 9.17) is 10.5 Å². The van der Waals surface area contributed by atoms with Crippen LogP contribution in [0.15, 0.2) is 48.5 Å². The first kappa shape index (κ1) is 13.6. The molecule has 1 atom stereocenters. The molecular weight excluding hydrogens is 238 g/mol. The number of aliphatic hydroxyl groups excluding tert-OH is 1. The highest BCUT2D eigenvalue weighted by atomic mass is 16.5. The predicted molar refractivity (Wildman–Crippen MR) is 76.3 cm³/mol. The van der Waals surface area contributed by atoms with Crippen LogP contribution < -0.4 is 10.5 Å². The highest BCUT2D eigenvalue weighted by Gasteiger charge is 2.10. The number of methoxy groups -OCH3 is 1. The van der Waals surface area contributed by atoms with Crippen LogP contribution in [0.25, 0.3) is 0 Å². The minimum atomic E-state index is -0.613. The fourth-order valence-corrected chi connectivity index (χ4v) is 2.01. The van der Waals surface area contributed by atoms with E-state index in [1.54, 1.807) is 7.11 Å². The maximum absolute atomic E-state index is 10.3. The van der Waals surface area contributed by atoms with E-state index in [9.17, 15) is 5.11 Å². The van der Waals surface area contributed by atoms with Crippen LogP contribution in [-0.2, 0) is 6.42 Å². The summed E-state index contributed by atoms with van der Waals surface area (Å²) in [5, 5.41) is 10.3. The maximum Gasteiger partial charge on any atom is 0.118 e. The van der Waals surface area contributed by atoms with E-state index in [1.807, 2.05) is 48.5 Å². The molecule has 100 valence electrons. The Balaban J connectivity index is 2.15. The normalized spacial score (nSPS) is 12.2. The van der Waals surface area contributed by atoms with E-state index < -0.39 is 6.10 Å². The maximum atomic E-state index is 10.3. The molecule has 0 bridgehead atoms. The van der Waals surface area contributed by atoms with Gasteiger partial charge in [0.2, 0.25) is 0 Å². The lowest BCUT2D eigenvalue weighted by molar-refractivity contribution is 0.220. The number of hydrogen-bond donors (Lipinski definition) is 2. The van der Waals surface area contributed by atoms with Crippen molar-refractivity contribution in [2.24, 2.45) is 5.73 Å². The van der Waals surface area contributed by atoms with E-state index in [0.717, 1.165) is 23.3 Å². The van der Waals surface area contributed by atoms with Gasteiger partial charge < -0.3 is 15.6 Å². The molecule has 2 aromatic rings. The Morgan fingerprint density at radius 3 is 2.00 bits per heavy atom. The second-order valence-corrected chi connectivity index (χ2v) is 4.46. The summed E-state index contributed by atoms with van der Waals surface area (Å²) in [7, 11) is 1.63. The summed E-state index contributed by atoms with van der Waals surface area (Å²) in [6.45, 7) is 0.639. The Hall–Kier alpha value is -1.84. The van der Waals surface area contributed by atoms with Crippen molar-refractivity contribution >= 4 is 0 Å². The lowest BCUT2D eigenvalue weighted by atomic mass is 10.00. The van der Waals surface area contributed by atoms with Crippen LogP contribution in [0.1, 0.15) is 22.8 Å². The standard InChI is InChI=1S/C16H19NO2/c1-19-15-8-6-14(7-9-15)16(18)13-4-2-12(3-5-13)10-11-17/h2-9,16,18H,10-11,17H2,1H3. The molecule has 3 heteroatoms. The molecule has 0 aromatic heterocycles. The van der Waals surface area contributed by atoms with Gasteiger partial charge in [-0.1, -0.05) is 36.4 Å². The number of hydrogen-bond acceptors (Lipinski definition) is 3. The highest BCUT2D eigenvalue weighted by molar-refractivity contribution is 5.35. The zero-order valence-electron chi connectivity index (χ0n) is 11.0. The molecule has 0 aliphatic heterocycles. The molecule has 3 N–H and O–H groups in total. The van der Waals surface area contributed by atoms with Crippen LogP contribution in [0, 0.1) is 0 Å². The first-order valence-electron chi connectivity index (χ1n) is 6.35. The monoisotopic (exact) mass is 257 g/mol. The van der Waals surface area contributed by atoms with E-state index in [2.05, 4.69) is 0 Å². The van der Waals surface area contributed by atoms with Crippen molar-refractivity contribution < 1.29 is 9.84 Å². The van der Waals surface area contributed by atoms with Crippen LogP contribution in [0.5, 0.6) is 5.75 Å². The first-order valence-corrected chi connectivity index (χ1v) is 6.35. The van der Waals surface area contributed by atoms with Gasteiger partial charge in [0, 0.05) is 0 Å². The van der Waals surface area contributed by atoms with Crippen molar-refractivity contribution in [1.82, 2.24) is 0 Å². The number of aliphatic hydroxyl groups is 1. The fraction of sp³-hybridized carbons (Fsp3) is 0.250. The molecule has 19 heavy (non-hydrogen) atoms.